The first-order chi connectivity index (χ1) is 10.4. The molecule has 1 aliphatic carbocycles. The molecular weight excluding hydrogens is 292 g/mol. The number of aliphatic hydroxyl groups is 1. The lowest BCUT2D eigenvalue weighted by atomic mass is 9.97. The van der Waals surface area contributed by atoms with Crippen LogP contribution < -0.4 is 4.74 Å². The van der Waals surface area contributed by atoms with Crippen LogP contribution in [0, 0.1) is 0 Å². The quantitative estimate of drug-likeness (QED) is 0.878. The number of hydrogen-bond acceptors (Lipinski definition) is 3. The number of ether oxygens (including phenoxy) is 1. The Morgan fingerprint density at radius 2 is 2.09 bits per heavy atom. The van der Waals surface area contributed by atoms with Gasteiger partial charge in [0.2, 0.25) is 5.91 Å². The van der Waals surface area contributed by atoms with E-state index in [0.717, 1.165) is 12.8 Å². The fraction of sp³-hybridized carbons (Fsp3) is 0.562. The summed E-state index contributed by atoms with van der Waals surface area (Å²) in [5.74, 6) is -0.0765. The van der Waals surface area contributed by atoms with E-state index < -0.39 is 12.2 Å². The van der Waals surface area contributed by atoms with Crippen molar-refractivity contribution in [1.82, 2.24) is 4.90 Å². The number of carbonyl (C=O) groups excluding carboxylic acids is 1. The summed E-state index contributed by atoms with van der Waals surface area (Å²) < 4.78 is 28.7. The number of amides is 1. The summed E-state index contributed by atoms with van der Waals surface area (Å²) in [6, 6.07) is 6.28. The molecule has 1 saturated carbocycles. The van der Waals surface area contributed by atoms with E-state index in [4.69, 9.17) is 0 Å². The van der Waals surface area contributed by atoms with Gasteiger partial charge in [0.1, 0.15) is 5.75 Å². The average Bonchev–Trinajstić information content (AvgIpc) is 2.84. The number of alkyl halides is 2. The molecule has 1 aromatic rings. The minimum atomic E-state index is -2.87. The number of benzene rings is 1. The molecule has 1 amide bonds. The number of halogens is 2. The van der Waals surface area contributed by atoms with Gasteiger partial charge in [-0.3, -0.25) is 4.79 Å². The van der Waals surface area contributed by atoms with Crippen molar-refractivity contribution in [3.05, 3.63) is 29.8 Å². The van der Waals surface area contributed by atoms with Crippen LogP contribution in [0.1, 0.15) is 37.7 Å². The maximum atomic E-state index is 12.2. The average molecular weight is 313 g/mol. The first kappa shape index (κ1) is 16.7. The number of carbonyl (C=O) groups is 1. The predicted octanol–water partition coefficient (Wildman–Crippen LogP) is 2.94. The fourth-order valence-corrected chi connectivity index (χ4v) is 2.81. The largest absolute Gasteiger partial charge is 0.435 e. The SMILES string of the molecule is CN(Cc1cccc(OC(F)F)c1)C(=O)CC1(O)CCCC1. The van der Waals surface area contributed by atoms with Gasteiger partial charge in [0.05, 0.1) is 12.0 Å². The van der Waals surface area contributed by atoms with Crippen molar-refractivity contribution in [2.45, 2.75) is 50.9 Å². The van der Waals surface area contributed by atoms with E-state index in [-0.39, 0.29) is 24.6 Å². The molecule has 0 atom stereocenters. The summed E-state index contributed by atoms with van der Waals surface area (Å²) in [5.41, 5.74) is -0.182. The van der Waals surface area contributed by atoms with E-state index in [0.29, 0.717) is 18.4 Å². The molecule has 0 bridgehead atoms. The van der Waals surface area contributed by atoms with Crippen LogP contribution in [-0.4, -0.2) is 35.2 Å². The Balaban J connectivity index is 1.93. The van der Waals surface area contributed by atoms with Crippen molar-refractivity contribution >= 4 is 5.91 Å². The predicted molar refractivity (Wildman–Crippen MR) is 77.6 cm³/mol. The molecule has 0 aliphatic heterocycles. The lowest BCUT2D eigenvalue weighted by Crippen LogP contribution is -2.35. The standard InChI is InChI=1S/C16H21F2NO3/c1-19(14(20)10-16(21)7-2-3-8-16)11-12-5-4-6-13(9-12)22-15(17)18/h4-6,9,15,21H,2-3,7-8,10-11H2,1H3. The Hall–Kier alpha value is -1.69. The highest BCUT2D eigenvalue weighted by Gasteiger charge is 2.34. The van der Waals surface area contributed by atoms with Gasteiger partial charge < -0.3 is 14.7 Å². The zero-order valence-electron chi connectivity index (χ0n) is 12.6. The van der Waals surface area contributed by atoms with Crippen LogP contribution in [0.5, 0.6) is 5.75 Å². The second-order valence-corrected chi connectivity index (χ2v) is 5.88. The summed E-state index contributed by atoms with van der Waals surface area (Å²) >= 11 is 0. The van der Waals surface area contributed by atoms with E-state index in [2.05, 4.69) is 4.74 Å². The molecule has 22 heavy (non-hydrogen) atoms. The molecular formula is C16H21F2NO3. The van der Waals surface area contributed by atoms with Crippen molar-refractivity contribution in [2.75, 3.05) is 7.05 Å². The molecule has 2 rings (SSSR count). The van der Waals surface area contributed by atoms with Gasteiger partial charge in [-0.05, 0) is 30.5 Å². The highest BCUT2D eigenvalue weighted by atomic mass is 19.3. The van der Waals surface area contributed by atoms with Crippen LogP contribution >= 0.6 is 0 Å². The van der Waals surface area contributed by atoms with E-state index >= 15 is 0 Å². The van der Waals surface area contributed by atoms with Crippen LogP contribution in [0.25, 0.3) is 0 Å². The van der Waals surface area contributed by atoms with E-state index in [1.54, 1.807) is 19.2 Å². The molecule has 0 saturated heterocycles. The maximum Gasteiger partial charge on any atom is 0.387 e. The third-order valence-electron chi connectivity index (χ3n) is 3.98. The van der Waals surface area contributed by atoms with Crippen LogP contribution in [0.4, 0.5) is 8.78 Å². The molecule has 0 aromatic heterocycles. The summed E-state index contributed by atoms with van der Waals surface area (Å²) in [7, 11) is 1.64. The van der Waals surface area contributed by atoms with Gasteiger partial charge in [-0.15, -0.1) is 0 Å². The second kappa shape index (κ2) is 7.05. The van der Waals surface area contributed by atoms with Crippen LogP contribution in [0.2, 0.25) is 0 Å². The molecule has 1 aliphatic rings. The molecule has 0 unspecified atom stereocenters. The van der Waals surface area contributed by atoms with E-state index in [1.165, 1.54) is 17.0 Å². The van der Waals surface area contributed by atoms with Crippen LogP contribution in [0.3, 0.4) is 0 Å². The fourth-order valence-electron chi connectivity index (χ4n) is 2.81. The number of nitrogens with zero attached hydrogens (tertiary/aromatic N) is 1. The van der Waals surface area contributed by atoms with Gasteiger partial charge in [0.15, 0.2) is 0 Å². The Morgan fingerprint density at radius 3 is 2.73 bits per heavy atom. The first-order valence-electron chi connectivity index (χ1n) is 7.38. The number of rotatable bonds is 6. The Bertz CT molecular complexity index is 516. The highest BCUT2D eigenvalue weighted by molar-refractivity contribution is 5.77. The van der Waals surface area contributed by atoms with Crippen LogP contribution in [-0.2, 0) is 11.3 Å². The Kier molecular flexibility index (Phi) is 5.34. The van der Waals surface area contributed by atoms with E-state index in [1.807, 2.05) is 0 Å². The summed E-state index contributed by atoms with van der Waals surface area (Å²) in [5, 5.41) is 10.3. The molecule has 122 valence electrons. The molecule has 1 N–H and O–H groups in total. The number of hydrogen-bond donors (Lipinski definition) is 1. The third kappa shape index (κ3) is 4.66. The monoisotopic (exact) mass is 313 g/mol. The van der Waals surface area contributed by atoms with Crippen molar-refractivity contribution < 1.29 is 23.4 Å². The lowest BCUT2D eigenvalue weighted by molar-refractivity contribution is -0.135. The normalized spacial score (nSPS) is 16.8. The van der Waals surface area contributed by atoms with Gasteiger partial charge in [0, 0.05) is 13.6 Å². The highest BCUT2D eigenvalue weighted by Crippen LogP contribution is 2.32. The van der Waals surface area contributed by atoms with Crippen molar-refractivity contribution in [3.8, 4) is 5.75 Å². The Labute approximate surface area is 128 Å². The molecule has 0 heterocycles. The van der Waals surface area contributed by atoms with Crippen molar-refractivity contribution in [2.24, 2.45) is 0 Å². The molecule has 6 heteroatoms. The first-order valence-corrected chi connectivity index (χ1v) is 7.38. The summed E-state index contributed by atoms with van der Waals surface area (Å²) in [4.78, 5) is 13.7. The van der Waals surface area contributed by atoms with Crippen LogP contribution in [0.15, 0.2) is 24.3 Å². The summed E-state index contributed by atoms with van der Waals surface area (Å²) in [6.45, 7) is -2.58. The Morgan fingerprint density at radius 1 is 1.41 bits per heavy atom. The topological polar surface area (TPSA) is 49.8 Å². The second-order valence-electron chi connectivity index (χ2n) is 5.88. The maximum absolute atomic E-state index is 12.2. The third-order valence-corrected chi connectivity index (χ3v) is 3.98. The van der Waals surface area contributed by atoms with Crippen molar-refractivity contribution in [3.63, 3.8) is 0 Å². The zero-order chi connectivity index (χ0) is 16.2. The smallest absolute Gasteiger partial charge is 0.387 e. The van der Waals surface area contributed by atoms with Gasteiger partial charge in [0.25, 0.3) is 0 Å². The van der Waals surface area contributed by atoms with Gasteiger partial charge >= 0.3 is 6.61 Å². The molecule has 0 radical (unpaired) electrons. The minimum absolute atomic E-state index is 0.0720. The van der Waals surface area contributed by atoms with E-state index in [9.17, 15) is 18.7 Å². The molecule has 1 aromatic carbocycles. The molecule has 0 spiro atoms. The molecule has 1 fully saturated rings. The zero-order valence-corrected chi connectivity index (χ0v) is 12.6. The van der Waals surface area contributed by atoms with Gasteiger partial charge in [-0.1, -0.05) is 25.0 Å². The minimum Gasteiger partial charge on any atom is -0.435 e. The van der Waals surface area contributed by atoms with Crippen molar-refractivity contribution in [1.29, 1.82) is 0 Å². The summed E-state index contributed by atoms with van der Waals surface area (Å²) in [6.07, 6.45) is 3.31. The van der Waals surface area contributed by atoms with Gasteiger partial charge in [-0.2, -0.15) is 8.78 Å². The lowest BCUT2D eigenvalue weighted by Gasteiger charge is -2.25. The molecule has 4 nitrogen and oxygen atoms in total. The van der Waals surface area contributed by atoms with Gasteiger partial charge in [-0.25, -0.2) is 0 Å².